The second kappa shape index (κ2) is 6.43. The van der Waals surface area contributed by atoms with Gasteiger partial charge in [0.1, 0.15) is 11.4 Å². The molecule has 0 atom stereocenters. The summed E-state index contributed by atoms with van der Waals surface area (Å²) in [6, 6.07) is 6.83. The Morgan fingerprint density at radius 1 is 1.40 bits per heavy atom. The van der Waals surface area contributed by atoms with Gasteiger partial charge in [-0.2, -0.15) is 0 Å². The fraction of sp³-hybridized carbons (Fsp3) is 0.286. The zero-order valence-corrected chi connectivity index (χ0v) is 11.8. The minimum absolute atomic E-state index is 0.262. The Hall–Kier alpha value is -2.01. The molecule has 0 bridgehead atoms. The number of hydrogen-bond acceptors (Lipinski definition) is 3. The van der Waals surface area contributed by atoms with Gasteiger partial charge in [-0.1, -0.05) is 12.1 Å². The molecule has 20 heavy (non-hydrogen) atoms. The molecule has 5 nitrogen and oxygen atoms in total. The summed E-state index contributed by atoms with van der Waals surface area (Å²) in [6.45, 7) is 0.323. The van der Waals surface area contributed by atoms with Gasteiger partial charge in [-0.05, 0) is 30.2 Å². The molecule has 1 N–H and O–H groups in total. The van der Waals surface area contributed by atoms with E-state index in [4.69, 9.17) is 16.3 Å². The average molecular weight is 295 g/mol. The Morgan fingerprint density at radius 3 is 2.90 bits per heavy atom. The molecule has 1 aromatic rings. The van der Waals surface area contributed by atoms with Crippen LogP contribution in [0.4, 0.5) is 4.79 Å². The average Bonchev–Trinajstić information content (AvgIpc) is 2.72. The van der Waals surface area contributed by atoms with Gasteiger partial charge >= 0.3 is 6.03 Å². The van der Waals surface area contributed by atoms with Gasteiger partial charge in [-0.25, -0.2) is 4.79 Å². The van der Waals surface area contributed by atoms with Crippen LogP contribution in [-0.2, 0) is 4.79 Å². The number of nitrogens with one attached hydrogen (secondary N) is 1. The highest BCUT2D eigenvalue weighted by Gasteiger charge is 2.32. The van der Waals surface area contributed by atoms with Crippen molar-refractivity contribution in [2.45, 2.75) is 6.42 Å². The van der Waals surface area contributed by atoms with Crippen molar-refractivity contribution in [1.29, 1.82) is 0 Å². The molecule has 3 amide bonds. The third-order valence-corrected chi connectivity index (χ3v) is 3.15. The molecule has 0 aliphatic carbocycles. The zero-order chi connectivity index (χ0) is 14.5. The SMILES string of the molecule is COc1cccc(/C=C2\NC(=O)N(CCCCl)C2=O)c1. The van der Waals surface area contributed by atoms with Crippen molar-refractivity contribution in [1.82, 2.24) is 10.2 Å². The minimum Gasteiger partial charge on any atom is -0.497 e. The molecular weight excluding hydrogens is 280 g/mol. The number of alkyl halides is 1. The lowest BCUT2D eigenvalue weighted by atomic mass is 10.2. The van der Waals surface area contributed by atoms with Crippen molar-refractivity contribution in [3.63, 3.8) is 0 Å². The number of imide groups is 1. The van der Waals surface area contributed by atoms with Crippen LogP contribution in [0.5, 0.6) is 5.75 Å². The van der Waals surface area contributed by atoms with Crippen molar-refractivity contribution in [3.05, 3.63) is 35.5 Å². The van der Waals surface area contributed by atoms with E-state index >= 15 is 0 Å². The molecule has 0 saturated carbocycles. The van der Waals surface area contributed by atoms with Gasteiger partial charge in [0.25, 0.3) is 5.91 Å². The monoisotopic (exact) mass is 294 g/mol. The van der Waals surface area contributed by atoms with E-state index in [2.05, 4.69) is 5.32 Å². The second-order valence-corrected chi connectivity index (χ2v) is 4.64. The number of benzene rings is 1. The highest BCUT2D eigenvalue weighted by atomic mass is 35.5. The number of carbonyl (C=O) groups excluding carboxylic acids is 2. The summed E-state index contributed by atoms with van der Waals surface area (Å²) in [5, 5.41) is 2.56. The van der Waals surface area contributed by atoms with Crippen molar-refractivity contribution in [2.75, 3.05) is 19.5 Å². The first-order chi connectivity index (χ1) is 9.65. The molecule has 6 heteroatoms. The molecule has 1 aromatic carbocycles. The lowest BCUT2D eigenvalue weighted by molar-refractivity contribution is -0.122. The zero-order valence-electron chi connectivity index (χ0n) is 11.1. The summed E-state index contributed by atoms with van der Waals surface area (Å²) in [5.41, 5.74) is 1.05. The van der Waals surface area contributed by atoms with Gasteiger partial charge in [0.05, 0.1) is 7.11 Å². The highest BCUT2D eigenvalue weighted by Crippen LogP contribution is 2.18. The Balaban J connectivity index is 2.18. The number of halogens is 1. The number of carbonyl (C=O) groups is 2. The predicted molar refractivity (Wildman–Crippen MR) is 76.6 cm³/mol. The van der Waals surface area contributed by atoms with E-state index in [9.17, 15) is 9.59 Å². The summed E-state index contributed by atoms with van der Waals surface area (Å²) in [5.74, 6) is 0.768. The highest BCUT2D eigenvalue weighted by molar-refractivity contribution is 6.18. The molecule has 1 heterocycles. The molecule has 0 aromatic heterocycles. The van der Waals surface area contributed by atoms with Crippen molar-refractivity contribution in [2.24, 2.45) is 0 Å². The fourth-order valence-electron chi connectivity index (χ4n) is 1.89. The number of nitrogens with zero attached hydrogens (tertiary/aromatic N) is 1. The third kappa shape index (κ3) is 3.11. The Labute approximate surface area is 122 Å². The first-order valence-corrected chi connectivity index (χ1v) is 6.73. The predicted octanol–water partition coefficient (Wildman–Crippen LogP) is 2.22. The molecule has 1 aliphatic rings. The van der Waals surface area contributed by atoms with Crippen LogP contribution in [0.25, 0.3) is 6.08 Å². The summed E-state index contributed by atoms with van der Waals surface area (Å²) in [4.78, 5) is 24.9. The lowest BCUT2D eigenvalue weighted by Crippen LogP contribution is -2.31. The largest absolute Gasteiger partial charge is 0.497 e. The molecule has 106 valence electrons. The maximum atomic E-state index is 12.1. The van der Waals surface area contributed by atoms with E-state index in [1.165, 1.54) is 0 Å². The molecule has 2 rings (SSSR count). The summed E-state index contributed by atoms with van der Waals surface area (Å²) in [7, 11) is 1.57. The van der Waals surface area contributed by atoms with Gasteiger partial charge in [0.15, 0.2) is 0 Å². The third-order valence-electron chi connectivity index (χ3n) is 2.88. The van der Waals surface area contributed by atoms with E-state index in [0.29, 0.717) is 24.6 Å². The van der Waals surface area contributed by atoms with E-state index in [1.54, 1.807) is 19.3 Å². The quantitative estimate of drug-likeness (QED) is 0.515. The maximum Gasteiger partial charge on any atom is 0.329 e. The molecule has 1 fully saturated rings. The molecule has 1 saturated heterocycles. The van der Waals surface area contributed by atoms with Crippen LogP contribution < -0.4 is 10.1 Å². The van der Waals surface area contributed by atoms with Gasteiger partial charge in [0, 0.05) is 12.4 Å². The minimum atomic E-state index is -0.408. The van der Waals surface area contributed by atoms with Gasteiger partial charge in [0.2, 0.25) is 0 Å². The van der Waals surface area contributed by atoms with Crippen LogP contribution in [0.1, 0.15) is 12.0 Å². The van der Waals surface area contributed by atoms with E-state index in [-0.39, 0.29) is 11.6 Å². The van der Waals surface area contributed by atoms with E-state index in [0.717, 1.165) is 10.5 Å². The smallest absolute Gasteiger partial charge is 0.329 e. The van der Waals surface area contributed by atoms with Crippen molar-refractivity contribution < 1.29 is 14.3 Å². The number of methoxy groups -OCH3 is 1. The van der Waals surface area contributed by atoms with Crippen LogP contribution in [0.3, 0.4) is 0 Å². The van der Waals surface area contributed by atoms with Gasteiger partial charge in [-0.15, -0.1) is 11.6 Å². The maximum absolute atomic E-state index is 12.1. The van der Waals surface area contributed by atoms with Gasteiger partial charge in [-0.3, -0.25) is 9.69 Å². The van der Waals surface area contributed by atoms with Crippen LogP contribution in [0, 0.1) is 0 Å². The summed E-state index contributed by atoms with van der Waals surface area (Å²) < 4.78 is 5.11. The topological polar surface area (TPSA) is 58.6 Å². The molecule has 1 aliphatic heterocycles. The summed E-state index contributed by atoms with van der Waals surface area (Å²) >= 11 is 5.58. The van der Waals surface area contributed by atoms with Crippen LogP contribution in [-0.4, -0.2) is 36.4 Å². The Bertz CT molecular complexity index is 557. The standard InChI is InChI=1S/C14H15ClN2O3/c1-20-11-5-2-4-10(8-11)9-12-13(18)17(7-3-6-15)14(19)16-12/h2,4-5,8-9H,3,6-7H2,1H3,(H,16,19)/b12-9-. The number of rotatable bonds is 5. The first-order valence-electron chi connectivity index (χ1n) is 6.20. The van der Waals surface area contributed by atoms with E-state index in [1.807, 2.05) is 18.2 Å². The Morgan fingerprint density at radius 2 is 2.20 bits per heavy atom. The van der Waals surface area contributed by atoms with Crippen LogP contribution in [0.15, 0.2) is 30.0 Å². The fourth-order valence-corrected chi connectivity index (χ4v) is 2.01. The first kappa shape index (κ1) is 14.4. The lowest BCUT2D eigenvalue weighted by Gasteiger charge is -2.09. The number of ether oxygens (including phenoxy) is 1. The van der Waals surface area contributed by atoms with Crippen LogP contribution >= 0.6 is 11.6 Å². The molecule has 0 spiro atoms. The normalized spacial score (nSPS) is 16.7. The number of amides is 3. The van der Waals surface area contributed by atoms with Crippen LogP contribution in [0.2, 0.25) is 0 Å². The van der Waals surface area contributed by atoms with Crippen molar-refractivity contribution >= 4 is 29.6 Å². The molecule has 0 radical (unpaired) electrons. The summed E-state index contributed by atoms with van der Waals surface area (Å²) in [6.07, 6.45) is 2.20. The van der Waals surface area contributed by atoms with Gasteiger partial charge < -0.3 is 10.1 Å². The molecule has 0 unspecified atom stereocenters. The van der Waals surface area contributed by atoms with Crippen molar-refractivity contribution in [3.8, 4) is 5.75 Å². The van der Waals surface area contributed by atoms with E-state index < -0.39 is 6.03 Å². The Kier molecular flexibility index (Phi) is 4.63. The second-order valence-electron chi connectivity index (χ2n) is 4.26. The number of urea groups is 1. The number of hydrogen-bond donors (Lipinski definition) is 1. The molecular formula is C14H15ClN2O3.